The molecule has 20 heavy (non-hydrogen) atoms. The van der Waals surface area contributed by atoms with Gasteiger partial charge in [0.05, 0.1) is 6.61 Å². The van der Waals surface area contributed by atoms with Crippen molar-refractivity contribution in [2.75, 3.05) is 6.61 Å². The molecule has 0 amide bonds. The summed E-state index contributed by atoms with van der Waals surface area (Å²) in [5, 5.41) is 0. The Hall–Kier alpha value is -0.790. The lowest BCUT2D eigenvalue weighted by molar-refractivity contribution is -0.141. The minimum absolute atomic E-state index is 0.160. The van der Waals surface area contributed by atoms with E-state index in [9.17, 15) is 4.79 Å². The molecular formula is C18H34O2. The Balaban J connectivity index is 3.19. The van der Waals surface area contributed by atoms with Crippen LogP contribution in [0.2, 0.25) is 0 Å². The maximum Gasteiger partial charge on any atom is 0.302 e. The number of rotatable bonds is 12. The molecule has 0 radical (unpaired) electrons. The zero-order valence-corrected chi connectivity index (χ0v) is 14.0. The summed E-state index contributed by atoms with van der Waals surface area (Å²) < 4.78 is 4.91. The topological polar surface area (TPSA) is 26.3 Å². The average molecular weight is 282 g/mol. The normalized spacial score (nSPS) is 11.9. The molecule has 0 N–H and O–H groups in total. The van der Waals surface area contributed by atoms with Gasteiger partial charge in [-0.3, -0.25) is 4.79 Å². The molecule has 0 spiro atoms. The molecule has 2 nitrogen and oxygen atoms in total. The number of esters is 1. The first-order valence-corrected chi connectivity index (χ1v) is 8.33. The van der Waals surface area contributed by atoms with E-state index in [4.69, 9.17) is 4.74 Å². The molecule has 0 fully saturated rings. The SMILES string of the molecule is CC(=O)OCCCCCCCCCC/C(C)=C\C(C)C. The molecular weight excluding hydrogens is 248 g/mol. The molecule has 2 heteroatoms. The highest BCUT2D eigenvalue weighted by Gasteiger charge is 1.96. The molecule has 0 saturated heterocycles. The molecule has 0 aliphatic carbocycles. The van der Waals surface area contributed by atoms with Crippen molar-refractivity contribution in [3.8, 4) is 0 Å². The van der Waals surface area contributed by atoms with E-state index in [1.54, 1.807) is 5.57 Å². The summed E-state index contributed by atoms with van der Waals surface area (Å²) in [6.07, 6.45) is 13.8. The van der Waals surface area contributed by atoms with Crippen molar-refractivity contribution in [2.45, 2.75) is 85.5 Å². The molecule has 0 rings (SSSR count). The Morgan fingerprint density at radius 1 is 0.900 bits per heavy atom. The van der Waals surface area contributed by atoms with Gasteiger partial charge in [0.1, 0.15) is 0 Å². The van der Waals surface area contributed by atoms with Crippen molar-refractivity contribution in [1.29, 1.82) is 0 Å². The van der Waals surface area contributed by atoms with Crippen LogP contribution in [0, 0.1) is 5.92 Å². The number of carbonyl (C=O) groups is 1. The first-order valence-electron chi connectivity index (χ1n) is 8.33. The van der Waals surface area contributed by atoms with E-state index in [-0.39, 0.29) is 5.97 Å². The molecule has 118 valence electrons. The molecule has 0 aliphatic rings. The van der Waals surface area contributed by atoms with E-state index in [2.05, 4.69) is 26.8 Å². The van der Waals surface area contributed by atoms with E-state index in [0.717, 1.165) is 6.42 Å². The van der Waals surface area contributed by atoms with Crippen LogP contribution in [0.15, 0.2) is 11.6 Å². The van der Waals surface area contributed by atoms with E-state index in [1.165, 1.54) is 58.3 Å². The van der Waals surface area contributed by atoms with Gasteiger partial charge in [-0.1, -0.05) is 64.0 Å². The fraction of sp³-hybridized carbons (Fsp3) is 0.833. The summed E-state index contributed by atoms with van der Waals surface area (Å²) in [5.41, 5.74) is 1.55. The predicted octanol–water partition coefficient (Wildman–Crippen LogP) is 5.66. The third-order valence-corrected chi connectivity index (χ3v) is 3.39. The molecule has 0 aromatic heterocycles. The smallest absolute Gasteiger partial charge is 0.302 e. The Kier molecular flexibility index (Phi) is 12.7. The molecule has 0 aromatic carbocycles. The summed E-state index contributed by atoms with van der Waals surface area (Å²) in [7, 11) is 0. The zero-order valence-electron chi connectivity index (χ0n) is 14.0. The van der Waals surface area contributed by atoms with Crippen LogP contribution < -0.4 is 0 Å². The second-order valence-corrected chi connectivity index (χ2v) is 6.18. The van der Waals surface area contributed by atoms with Crippen LogP contribution in [0.5, 0.6) is 0 Å². The minimum atomic E-state index is -0.160. The summed E-state index contributed by atoms with van der Waals surface area (Å²) in [6.45, 7) is 8.80. The van der Waals surface area contributed by atoms with Gasteiger partial charge in [0, 0.05) is 6.92 Å². The van der Waals surface area contributed by atoms with E-state index >= 15 is 0 Å². The van der Waals surface area contributed by atoms with Crippen molar-refractivity contribution in [3.05, 3.63) is 11.6 Å². The van der Waals surface area contributed by atoms with Gasteiger partial charge in [-0.2, -0.15) is 0 Å². The maximum absolute atomic E-state index is 10.6. The first kappa shape index (κ1) is 19.2. The summed E-state index contributed by atoms with van der Waals surface area (Å²) in [5.74, 6) is 0.522. The van der Waals surface area contributed by atoms with Crippen molar-refractivity contribution < 1.29 is 9.53 Å². The largest absolute Gasteiger partial charge is 0.466 e. The second kappa shape index (κ2) is 13.2. The Labute approximate surface area is 126 Å². The highest BCUT2D eigenvalue weighted by molar-refractivity contribution is 5.65. The summed E-state index contributed by atoms with van der Waals surface area (Å²) in [6, 6.07) is 0. The van der Waals surface area contributed by atoms with Gasteiger partial charge in [0.2, 0.25) is 0 Å². The number of hydrogen-bond donors (Lipinski definition) is 0. The van der Waals surface area contributed by atoms with Crippen LogP contribution >= 0.6 is 0 Å². The number of unbranched alkanes of at least 4 members (excludes halogenated alkanes) is 7. The Morgan fingerprint density at radius 2 is 1.40 bits per heavy atom. The molecule has 0 heterocycles. The van der Waals surface area contributed by atoms with Gasteiger partial charge in [-0.15, -0.1) is 0 Å². The van der Waals surface area contributed by atoms with E-state index < -0.39 is 0 Å². The standard InChI is InChI=1S/C18H34O2/c1-16(2)15-17(3)13-11-9-7-5-6-8-10-12-14-20-18(4)19/h15-16H,5-14H2,1-4H3/b17-15-. The number of ether oxygens (including phenoxy) is 1. The number of carbonyl (C=O) groups excluding carboxylic acids is 1. The lowest BCUT2D eigenvalue weighted by Gasteiger charge is -2.05. The highest BCUT2D eigenvalue weighted by atomic mass is 16.5. The van der Waals surface area contributed by atoms with Crippen LogP contribution in [0.1, 0.15) is 85.5 Å². The average Bonchev–Trinajstić information content (AvgIpc) is 2.34. The third kappa shape index (κ3) is 15.3. The minimum Gasteiger partial charge on any atom is -0.466 e. The highest BCUT2D eigenvalue weighted by Crippen LogP contribution is 2.14. The number of hydrogen-bond acceptors (Lipinski definition) is 2. The fourth-order valence-corrected chi connectivity index (χ4v) is 2.43. The van der Waals surface area contributed by atoms with Crippen LogP contribution in [0.3, 0.4) is 0 Å². The molecule has 0 aliphatic heterocycles. The van der Waals surface area contributed by atoms with Gasteiger partial charge in [-0.05, 0) is 32.1 Å². The Bertz CT molecular complexity index is 267. The van der Waals surface area contributed by atoms with Crippen LogP contribution in [-0.4, -0.2) is 12.6 Å². The molecule has 0 aromatic rings. The molecule has 0 unspecified atom stereocenters. The van der Waals surface area contributed by atoms with Crippen LogP contribution in [0.25, 0.3) is 0 Å². The van der Waals surface area contributed by atoms with Gasteiger partial charge in [0.15, 0.2) is 0 Å². The van der Waals surface area contributed by atoms with E-state index in [1.807, 2.05) is 0 Å². The monoisotopic (exact) mass is 282 g/mol. The summed E-state index contributed by atoms with van der Waals surface area (Å²) in [4.78, 5) is 10.6. The first-order chi connectivity index (χ1) is 9.52. The van der Waals surface area contributed by atoms with Gasteiger partial charge in [0.25, 0.3) is 0 Å². The lowest BCUT2D eigenvalue weighted by atomic mass is 10.0. The van der Waals surface area contributed by atoms with Gasteiger partial charge < -0.3 is 4.74 Å². The molecule has 0 saturated carbocycles. The zero-order chi connectivity index (χ0) is 15.2. The number of allylic oxidation sites excluding steroid dienone is 2. The van der Waals surface area contributed by atoms with Crippen LogP contribution in [0.4, 0.5) is 0 Å². The van der Waals surface area contributed by atoms with Crippen molar-refractivity contribution in [3.63, 3.8) is 0 Å². The maximum atomic E-state index is 10.6. The van der Waals surface area contributed by atoms with E-state index in [0.29, 0.717) is 12.5 Å². The Morgan fingerprint density at radius 3 is 1.90 bits per heavy atom. The van der Waals surface area contributed by atoms with Gasteiger partial charge >= 0.3 is 5.97 Å². The van der Waals surface area contributed by atoms with Gasteiger partial charge in [-0.25, -0.2) is 0 Å². The fourth-order valence-electron chi connectivity index (χ4n) is 2.43. The molecule has 0 atom stereocenters. The predicted molar refractivity (Wildman–Crippen MR) is 86.8 cm³/mol. The second-order valence-electron chi connectivity index (χ2n) is 6.18. The van der Waals surface area contributed by atoms with Crippen LogP contribution in [-0.2, 0) is 9.53 Å². The lowest BCUT2D eigenvalue weighted by Crippen LogP contribution is -2.00. The quantitative estimate of drug-likeness (QED) is 0.262. The van der Waals surface area contributed by atoms with Crippen molar-refractivity contribution >= 4 is 5.97 Å². The van der Waals surface area contributed by atoms with Crippen molar-refractivity contribution in [1.82, 2.24) is 0 Å². The summed E-state index contributed by atoms with van der Waals surface area (Å²) >= 11 is 0. The molecule has 0 bridgehead atoms. The van der Waals surface area contributed by atoms with Crippen molar-refractivity contribution in [2.24, 2.45) is 5.92 Å². The third-order valence-electron chi connectivity index (χ3n) is 3.39.